The number of hydrogen-bond acceptors (Lipinski definition) is 4. The number of amides is 1. The number of carbonyl (C=O) groups is 1. The van der Waals surface area contributed by atoms with Crippen LogP contribution in [0.3, 0.4) is 0 Å². The van der Waals surface area contributed by atoms with Gasteiger partial charge in [0.25, 0.3) is 0 Å². The average Bonchev–Trinajstić information content (AvgIpc) is 2.50. The van der Waals surface area contributed by atoms with Crippen LogP contribution in [0.1, 0.15) is 26.0 Å². The molecule has 5 heteroatoms. The van der Waals surface area contributed by atoms with Crippen molar-refractivity contribution in [2.75, 3.05) is 20.3 Å². The molecule has 0 saturated heterocycles. The molecule has 0 aromatic carbocycles. The molecule has 5 nitrogen and oxygen atoms in total. The summed E-state index contributed by atoms with van der Waals surface area (Å²) in [6.45, 7) is 5.52. The smallest absolute Gasteiger partial charge is 0.240 e. The molecule has 2 atom stereocenters. The molecule has 1 heterocycles. The van der Waals surface area contributed by atoms with E-state index in [1.54, 1.807) is 18.2 Å². The second kappa shape index (κ2) is 8.66. The minimum Gasteiger partial charge on any atom is -0.383 e. The minimum atomic E-state index is -0.472. The van der Waals surface area contributed by atoms with Crippen molar-refractivity contribution in [3.8, 4) is 0 Å². The van der Waals surface area contributed by atoms with Crippen LogP contribution in [-0.2, 0) is 16.1 Å². The molecule has 0 aliphatic heterocycles. The van der Waals surface area contributed by atoms with Gasteiger partial charge in [0.05, 0.1) is 24.9 Å². The lowest BCUT2D eigenvalue weighted by atomic mass is 9.99. The van der Waals surface area contributed by atoms with Crippen LogP contribution in [0.4, 0.5) is 0 Å². The first-order valence-electron chi connectivity index (χ1n) is 7.03. The molecule has 1 amide bonds. The van der Waals surface area contributed by atoms with Gasteiger partial charge in [0.1, 0.15) is 0 Å². The van der Waals surface area contributed by atoms with Crippen molar-refractivity contribution in [1.29, 1.82) is 0 Å². The Morgan fingerprint density at radius 2 is 2.25 bits per heavy atom. The highest BCUT2D eigenvalue weighted by Gasteiger charge is 2.25. The zero-order valence-electron chi connectivity index (χ0n) is 12.6. The molecule has 2 unspecified atom stereocenters. The van der Waals surface area contributed by atoms with Gasteiger partial charge in [-0.05, 0) is 18.1 Å². The van der Waals surface area contributed by atoms with Crippen LogP contribution < -0.4 is 5.73 Å². The van der Waals surface area contributed by atoms with Crippen molar-refractivity contribution >= 4 is 5.91 Å². The van der Waals surface area contributed by atoms with Crippen molar-refractivity contribution in [3.05, 3.63) is 30.1 Å². The number of rotatable bonds is 8. The van der Waals surface area contributed by atoms with E-state index < -0.39 is 6.04 Å². The summed E-state index contributed by atoms with van der Waals surface area (Å²) in [5, 5.41) is 0. The quantitative estimate of drug-likeness (QED) is 0.781. The molecule has 112 valence electrons. The molecule has 1 rings (SSSR count). The highest BCUT2D eigenvalue weighted by molar-refractivity contribution is 5.81. The second-order valence-corrected chi connectivity index (χ2v) is 4.98. The Hall–Kier alpha value is -1.46. The number of nitrogens with zero attached hydrogens (tertiary/aromatic N) is 2. The molecule has 20 heavy (non-hydrogen) atoms. The lowest BCUT2D eigenvalue weighted by Crippen LogP contribution is -2.47. The summed E-state index contributed by atoms with van der Waals surface area (Å²) in [4.78, 5) is 18.5. The van der Waals surface area contributed by atoms with Crippen LogP contribution in [0, 0.1) is 5.92 Å². The van der Waals surface area contributed by atoms with Crippen molar-refractivity contribution < 1.29 is 9.53 Å². The third kappa shape index (κ3) is 4.90. The van der Waals surface area contributed by atoms with E-state index in [9.17, 15) is 4.79 Å². The summed E-state index contributed by atoms with van der Waals surface area (Å²) < 4.78 is 5.07. The van der Waals surface area contributed by atoms with Gasteiger partial charge in [-0.2, -0.15) is 0 Å². The molecule has 0 aliphatic carbocycles. The summed E-state index contributed by atoms with van der Waals surface area (Å²) in [5.74, 6) is 0.123. The highest BCUT2D eigenvalue weighted by atomic mass is 16.5. The van der Waals surface area contributed by atoms with Gasteiger partial charge < -0.3 is 15.4 Å². The Morgan fingerprint density at radius 3 is 2.80 bits per heavy atom. The number of ether oxygens (including phenoxy) is 1. The van der Waals surface area contributed by atoms with Crippen LogP contribution in [0.2, 0.25) is 0 Å². The lowest BCUT2D eigenvalue weighted by Gasteiger charge is -2.27. The number of aromatic nitrogens is 1. The van der Waals surface area contributed by atoms with Crippen LogP contribution in [0.15, 0.2) is 24.4 Å². The third-order valence-electron chi connectivity index (χ3n) is 3.50. The fraction of sp³-hybridized carbons (Fsp3) is 0.600. The zero-order valence-corrected chi connectivity index (χ0v) is 12.6. The molecule has 0 saturated carbocycles. The maximum atomic E-state index is 12.5. The normalized spacial score (nSPS) is 13.8. The van der Waals surface area contributed by atoms with E-state index in [2.05, 4.69) is 4.98 Å². The van der Waals surface area contributed by atoms with Gasteiger partial charge in [0.2, 0.25) is 5.91 Å². The number of nitrogens with two attached hydrogens (primary N) is 1. The van der Waals surface area contributed by atoms with Crippen LogP contribution >= 0.6 is 0 Å². The first-order valence-corrected chi connectivity index (χ1v) is 7.03. The molecule has 2 N–H and O–H groups in total. The number of hydrogen-bond donors (Lipinski definition) is 1. The van der Waals surface area contributed by atoms with E-state index in [0.29, 0.717) is 19.7 Å². The Labute approximate surface area is 121 Å². The molecule has 0 spiro atoms. The first kappa shape index (κ1) is 16.6. The Morgan fingerprint density at radius 1 is 1.50 bits per heavy atom. The van der Waals surface area contributed by atoms with Gasteiger partial charge in [0.15, 0.2) is 0 Å². The summed E-state index contributed by atoms with van der Waals surface area (Å²) in [6.07, 6.45) is 2.61. The fourth-order valence-electron chi connectivity index (χ4n) is 1.86. The Bertz CT molecular complexity index is 397. The number of methoxy groups -OCH3 is 1. The van der Waals surface area contributed by atoms with E-state index in [-0.39, 0.29) is 11.8 Å². The predicted octanol–water partition coefficient (Wildman–Crippen LogP) is 1.43. The first-order chi connectivity index (χ1) is 9.60. The van der Waals surface area contributed by atoms with E-state index in [4.69, 9.17) is 10.5 Å². The SMILES string of the molecule is CCC(C)C(N)C(=O)N(CCOC)Cc1ccccn1. The van der Waals surface area contributed by atoms with Gasteiger partial charge >= 0.3 is 0 Å². The van der Waals surface area contributed by atoms with Gasteiger partial charge in [0, 0.05) is 19.9 Å². The summed E-state index contributed by atoms with van der Waals surface area (Å²) >= 11 is 0. The number of pyridine rings is 1. The summed E-state index contributed by atoms with van der Waals surface area (Å²) in [5.41, 5.74) is 6.90. The van der Waals surface area contributed by atoms with Crippen LogP contribution in [0.5, 0.6) is 0 Å². The molecular weight excluding hydrogens is 254 g/mol. The van der Waals surface area contributed by atoms with Crippen molar-refractivity contribution in [2.24, 2.45) is 11.7 Å². The van der Waals surface area contributed by atoms with E-state index in [1.807, 2.05) is 32.0 Å². The van der Waals surface area contributed by atoms with Gasteiger partial charge in [-0.3, -0.25) is 9.78 Å². The van der Waals surface area contributed by atoms with Crippen molar-refractivity contribution in [1.82, 2.24) is 9.88 Å². The largest absolute Gasteiger partial charge is 0.383 e. The summed E-state index contributed by atoms with van der Waals surface area (Å²) in [6, 6.07) is 5.20. The van der Waals surface area contributed by atoms with Crippen LogP contribution in [0.25, 0.3) is 0 Å². The monoisotopic (exact) mass is 279 g/mol. The fourth-order valence-corrected chi connectivity index (χ4v) is 1.86. The minimum absolute atomic E-state index is 0.0398. The number of carbonyl (C=O) groups excluding carboxylic acids is 1. The molecule has 1 aromatic rings. The lowest BCUT2D eigenvalue weighted by molar-refractivity contribution is -0.135. The molecule has 1 aromatic heterocycles. The standard InChI is InChI=1S/C15H25N3O2/c1-4-12(2)14(16)15(19)18(9-10-20-3)11-13-7-5-6-8-17-13/h5-8,12,14H,4,9-11,16H2,1-3H3. The highest BCUT2D eigenvalue weighted by Crippen LogP contribution is 2.10. The maximum absolute atomic E-state index is 12.5. The average molecular weight is 279 g/mol. The Balaban J connectivity index is 2.75. The van der Waals surface area contributed by atoms with Crippen LogP contribution in [-0.4, -0.2) is 42.1 Å². The molecule has 0 bridgehead atoms. The molecule has 0 aliphatic rings. The van der Waals surface area contributed by atoms with Gasteiger partial charge in [-0.25, -0.2) is 0 Å². The summed E-state index contributed by atoms with van der Waals surface area (Å²) in [7, 11) is 1.62. The molecular formula is C15H25N3O2. The van der Waals surface area contributed by atoms with Crippen molar-refractivity contribution in [3.63, 3.8) is 0 Å². The molecule has 0 radical (unpaired) electrons. The van der Waals surface area contributed by atoms with Gasteiger partial charge in [-0.15, -0.1) is 0 Å². The predicted molar refractivity (Wildman–Crippen MR) is 79.0 cm³/mol. The maximum Gasteiger partial charge on any atom is 0.240 e. The van der Waals surface area contributed by atoms with E-state index in [1.165, 1.54) is 0 Å². The topological polar surface area (TPSA) is 68.5 Å². The Kier molecular flexibility index (Phi) is 7.18. The zero-order chi connectivity index (χ0) is 15.0. The van der Waals surface area contributed by atoms with Gasteiger partial charge in [-0.1, -0.05) is 26.3 Å². The van der Waals surface area contributed by atoms with E-state index >= 15 is 0 Å². The van der Waals surface area contributed by atoms with E-state index in [0.717, 1.165) is 12.1 Å². The second-order valence-electron chi connectivity index (χ2n) is 4.98. The van der Waals surface area contributed by atoms with Crippen molar-refractivity contribution in [2.45, 2.75) is 32.9 Å². The molecule has 0 fully saturated rings. The third-order valence-corrected chi connectivity index (χ3v) is 3.50.